The molecule has 256 valence electrons. The van der Waals surface area contributed by atoms with Gasteiger partial charge in [0, 0.05) is 33.0 Å². The lowest BCUT2D eigenvalue weighted by Crippen LogP contribution is -1.96. The fourth-order valence-corrected chi connectivity index (χ4v) is 8.00. The van der Waals surface area contributed by atoms with Crippen molar-refractivity contribution in [2.75, 3.05) is 0 Å². The highest BCUT2D eigenvalue weighted by molar-refractivity contribution is 6.19. The second-order valence-corrected chi connectivity index (χ2v) is 14.0. The zero-order chi connectivity index (χ0) is 36.3. The van der Waals surface area contributed by atoms with Gasteiger partial charge in [0.25, 0.3) is 0 Å². The van der Waals surface area contributed by atoms with Crippen molar-refractivity contribution in [3.05, 3.63) is 188 Å². The molecule has 0 saturated carbocycles. The Bertz CT molecular complexity index is 3180. The number of pyridine rings is 1. The topological polar surface area (TPSA) is 51.8 Å². The molecule has 11 aromatic rings. The summed E-state index contributed by atoms with van der Waals surface area (Å²) in [6.07, 6.45) is 0. The zero-order valence-corrected chi connectivity index (χ0v) is 29.6. The summed E-state index contributed by atoms with van der Waals surface area (Å²) in [5.41, 5.74) is 11.4. The van der Waals surface area contributed by atoms with Crippen molar-refractivity contribution in [2.45, 2.75) is 0 Å². The molecule has 8 aromatic carbocycles. The molecule has 3 aromatic heterocycles. The second-order valence-electron chi connectivity index (χ2n) is 14.0. The van der Waals surface area contributed by atoms with Crippen LogP contribution in [0, 0.1) is 0 Å². The minimum Gasteiger partial charge on any atom is -0.455 e. The van der Waals surface area contributed by atoms with Crippen LogP contribution in [0.2, 0.25) is 0 Å². The summed E-state index contributed by atoms with van der Waals surface area (Å²) in [5, 5.41) is 7.99. The second kappa shape index (κ2) is 12.6. The first-order valence-corrected chi connectivity index (χ1v) is 18.5. The van der Waals surface area contributed by atoms with E-state index in [1.807, 2.05) is 48.5 Å². The van der Waals surface area contributed by atoms with Crippen LogP contribution in [-0.4, -0.2) is 15.0 Å². The molecule has 0 atom stereocenters. The molecule has 0 bridgehead atoms. The summed E-state index contributed by atoms with van der Waals surface area (Å²) < 4.78 is 6.64. The van der Waals surface area contributed by atoms with Crippen LogP contribution in [0.15, 0.2) is 192 Å². The Kier molecular flexibility index (Phi) is 7.14. The van der Waals surface area contributed by atoms with E-state index >= 15 is 0 Å². The number of aromatic nitrogens is 3. The molecule has 0 saturated heterocycles. The monoisotopic (exact) mass is 701 g/mol. The maximum atomic E-state index is 6.64. The van der Waals surface area contributed by atoms with Crippen LogP contribution in [0.3, 0.4) is 0 Å². The normalized spacial score (nSPS) is 11.6. The minimum absolute atomic E-state index is 0.641. The van der Waals surface area contributed by atoms with E-state index in [1.165, 1.54) is 27.1 Å². The van der Waals surface area contributed by atoms with Crippen LogP contribution in [0.5, 0.6) is 0 Å². The predicted octanol–water partition coefficient (Wildman–Crippen LogP) is 13.6. The Morgan fingerprint density at radius 2 is 0.945 bits per heavy atom. The minimum atomic E-state index is 0.641. The number of para-hydroxylation sites is 1. The quantitative estimate of drug-likeness (QED) is 0.168. The van der Waals surface area contributed by atoms with Crippen molar-refractivity contribution < 1.29 is 4.42 Å². The summed E-state index contributed by atoms with van der Waals surface area (Å²) in [5.74, 6) is 0.641. The van der Waals surface area contributed by atoms with Gasteiger partial charge in [0.1, 0.15) is 11.2 Å². The molecule has 3 heterocycles. The summed E-state index contributed by atoms with van der Waals surface area (Å²) in [4.78, 5) is 15.6. The van der Waals surface area contributed by atoms with Gasteiger partial charge in [0.05, 0.1) is 28.0 Å². The van der Waals surface area contributed by atoms with E-state index in [1.54, 1.807) is 0 Å². The van der Waals surface area contributed by atoms with E-state index in [4.69, 9.17) is 19.4 Å². The molecule has 0 aliphatic heterocycles. The average molecular weight is 702 g/mol. The smallest absolute Gasteiger partial charge is 0.160 e. The summed E-state index contributed by atoms with van der Waals surface area (Å²) in [7, 11) is 0. The number of rotatable bonds is 5. The van der Waals surface area contributed by atoms with Crippen LogP contribution in [0.25, 0.3) is 111 Å². The van der Waals surface area contributed by atoms with E-state index in [0.717, 1.165) is 77.7 Å². The number of furan rings is 1. The van der Waals surface area contributed by atoms with Crippen molar-refractivity contribution in [1.82, 2.24) is 15.0 Å². The van der Waals surface area contributed by atoms with E-state index in [9.17, 15) is 0 Å². The first kappa shape index (κ1) is 31.1. The Hall–Kier alpha value is -7.43. The van der Waals surface area contributed by atoms with Gasteiger partial charge in [0.15, 0.2) is 5.82 Å². The van der Waals surface area contributed by atoms with Gasteiger partial charge < -0.3 is 4.42 Å². The summed E-state index contributed by atoms with van der Waals surface area (Å²) >= 11 is 0. The van der Waals surface area contributed by atoms with Gasteiger partial charge in [0.2, 0.25) is 0 Å². The number of benzene rings is 8. The first-order chi connectivity index (χ1) is 27.2. The lowest BCUT2D eigenvalue weighted by molar-refractivity contribution is 0.672. The van der Waals surface area contributed by atoms with Crippen LogP contribution in [-0.2, 0) is 0 Å². The maximum absolute atomic E-state index is 6.64. The first-order valence-electron chi connectivity index (χ1n) is 18.5. The van der Waals surface area contributed by atoms with Gasteiger partial charge in [-0.05, 0) is 63.0 Å². The number of fused-ring (bicyclic) bond motifs is 8. The van der Waals surface area contributed by atoms with Gasteiger partial charge in [-0.2, -0.15) is 0 Å². The number of hydrogen-bond acceptors (Lipinski definition) is 4. The van der Waals surface area contributed by atoms with Crippen molar-refractivity contribution in [3.63, 3.8) is 0 Å². The summed E-state index contributed by atoms with van der Waals surface area (Å²) in [6, 6.07) is 65.5. The molecule has 0 radical (unpaired) electrons. The number of hydrogen-bond donors (Lipinski definition) is 0. The van der Waals surface area contributed by atoms with Crippen LogP contribution >= 0.6 is 0 Å². The maximum Gasteiger partial charge on any atom is 0.160 e. The highest BCUT2D eigenvalue weighted by Gasteiger charge is 2.20. The van der Waals surface area contributed by atoms with E-state index in [0.29, 0.717) is 5.82 Å². The average Bonchev–Trinajstić information content (AvgIpc) is 3.66. The zero-order valence-electron chi connectivity index (χ0n) is 29.6. The SMILES string of the molecule is c1ccc(-c2cc(-c3ccccc3)nc(-c3ccc4c(c3)nc(-c3ccc(-c5cc6ccccc6c6ccccc56)cc3)c3c5ccccc5oc43)n2)cc1. The molecule has 0 aliphatic rings. The highest BCUT2D eigenvalue weighted by atomic mass is 16.3. The molecule has 4 nitrogen and oxygen atoms in total. The molecule has 0 N–H and O–H groups in total. The van der Waals surface area contributed by atoms with Crippen LogP contribution in [0.4, 0.5) is 0 Å². The van der Waals surface area contributed by atoms with Crippen LogP contribution < -0.4 is 0 Å². The third-order valence-corrected chi connectivity index (χ3v) is 10.7. The van der Waals surface area contributed by atoms with Gasteiger partial charge in [-0.3, -0.25) is 0 Å². The molecular formula is C51H31N3O. The Morgan fingerprint density at radius 3 is 1.67 bits per heavy atom. The third-order valence-electron chi connectivity index (χ3n) is 10.7. The number of nitrogens with zero attached hydrogens (tertiary/aromatic N) is 3. The molecule has 0 aliphatic carbocycles. The van der Waals surface area contributed by atoms with E-state index < -0.39 is 0 Å². The summed E-state index contributed by atoms with van der Waals surface area (Å²) in [6.45, 7) is 0. The molecular weight excluding hydrogens is 671 g/mol. The van der Waals surface area contributed by atoms with Crippen molar-refractivity contribution in [1.29, 1.82) is 0 Å². The molecule has 4 heteroatoms. The van der Waals surface area contributed by atoms with E-state index in [2.05, 4.69) is 140 Å². The van der Waals surface area contributed by atoms with Gasteiger partial charge in [-0.25, -0.2) is 15.0 Å². The van der Waals surface area contributed by atoms with Crippen LogP contribution in [0.1, 0.15) is 0 Å². The lowest BCUT2D eigenvalue weighted by atomic mass is 9.92. The lowest BCUT2D eigenvalue weighted by Gasteiger charge is -2.12. The Morgan fingerprint density at radius 1 is 0.364 bits per heavy atom. The molecule has 0 spiro atoms. The standard InChI is InChI=1S/C51H31N3O/c1-3-13-33(14-4-1)44-31-45(34-15-5-2-6-16-34)54-51(53-44)37-27-28-41-46(30-37)52-49(48-42-21-11-12-22-47(42)55-50(41)48)35-25-23-32(24-26-35)43-29-36-17-7-8-18-38(36)39-19-9-10-20-40(39)43/h1-31H. The molecule has 0 fully saturated rings. The third kappa shape index (κ3) is 5.26. The fourth-order valence-electron chi connectivity index (χ4n) is 8.00. The predicted molar refractivity (Wildman–Crippen MR) is 227 cm³/mol. The molecule has 0 amide bonds. The Labute approximate surface area is 317 Å². The fraction of sp³-hybridized carbons (Fsp3) is 0. The van der Waals surface area contributed by atoms with E-state index in [-0.39, 0.29) is 0 Å². The largest absolute Gasteiger partial charge is 0.455 e. The van der Waals surface area contributed by atoms with Crippen molar-refractivity contribution >= 4 is 54.4 Å². The molecule has 11 rings (SSSR count). The molecule has 0 unspecified atom stereocenters. The highest BCUT2D eigenvalue weighted by Crippen LogP contribution is 2.42. The Balaban J connectivity index is 1.09. The van der Waals surface area contributed by atoms with Gasteiger partial charge in [-0.1, -0.05) is 158 Å². The van der Waals surface area contributed by atoms with Gasteiger partial charge >= 0.3 is 0 Å². The van der Waals surface area contributed by atoms with Crippen molar-refractivity contribution in [3.8, 4) is 56.3 Å². The van der Waals surface area contributed by atoms with Crippen molar-refractivity contribution in [2.24, 2.45) is 0 Å². The molecule has 55 heavy (non-hydrogen) atoms. The van der Waals surface area contributed by atoms with Gasteiger partial charge in [-0.15, -0.1) is 0 Å².